The quantitative estimate of drug-likeness (QED) is 0.678. The summed E-state index contributed by atoms with van der Waals surface area (Å²) >= 11 is 6.27. The van der Waals surface area contributed by atoms with E-state index in [0.717, 1.165) is 28.1 Å². The highest BCUT2D eigenvalue weighted by Crippen LogP contribution is 2.39. The Balaban J connectivity index is 2.01. The first-order chi connectivity index (χ1) is 12.8. The molecule has 2 aromatic rings. The van der Waals surface area contributed by atoms with Crippen LogP contribution in [0.5, 0.6) is 5.75 Å². The van der Waals surface area contributed by atoms with Crippen molar-refractivity contribution in [3.05, 3.63) is 39.9 Å². The highest BCUT2D eigenvalue weighted by atomic mass is 35.5. The van der Waals surface area contributed by atoms with Gasteiger partial charge in [0.05, 0.1) is 24.9 Å². The van der Waals surface area contributed by atoms with Crippen LogP contribution in [0.3, 0.4) is 0 Å². The Morgan fingerprint density at radius 1 is 1.44 bits per heavy atom. The molecule has 0 saturated heterocycles. The number of methoxy groups -OCH3 is 1. The van der Waals surface area contributed by atoms with Gasteiger partial charge in [-0.3, -0.25) is 4.98 Å². The molecule has 2 amide bonds. The SMILES string of the molecule is COc1c(C)cnc(CN2CC(=CNC(N)=O)c3c(Cl)nc(N)nc32)c1C. The summed E-state index contributed by atoms with van der Waals surface area (Å²) in [5, 5.41) is 2.67. The number of rotatable bonds is 4. The van der Waals surface area contributed by atoms with Gasteiger partial charge in [-0.05, 0) is 13.8 Å². The predicted molar refractivity (Wildman–Crippen MR) is 103 cm³/mol. The summed E-state index contributed by atoms with van der Waals surface area (Å²) in [5.41, 5.74) is 15.0. The first kappa shape index (κ1) is 18.7. The van der Waals surface area contributed by atoms with Crippen LogP contribution in [0.15, 0.2) is 12.4 Å². The van der Waals surface area contributed by atoms with Crippen LogP contribution in [0.25, 0.3) is 5.57 Å². The number of primary amides is 1. The normalized spacial score (nSPS) is 14.4. The molecule has 0 aliphatic carbocycles. The molecule has 5 N–H and O–H groups in total. The average molecular weight is 390 g/mol. The molecule has 1 aliphatic heterocycles. The smallest absolute Gasteiger partial charge is 0.316 e. The number of carbonyl (C=O) groups excluding carboxylic acids is 1. The Morgan fingerprint density at radius 3 is 2.85 bits per heavy atom. The number of anilines is 2. The van der Waals surface area contributed by atoms with Crippen LogP contribution >= 0.6 is 11.6 Å². The second-order valence-electron chi connectivity index (χ2n) is 6.15. The predicted octanol–water partition coefficient (Wildman–Crippen LogP) is 1.76. The Morgan fingerprint density at radius 2 is 2.19 bits per heavy atom. The second-order valence-corrected chi connectivity index (χ2v) is 6.51. The van der Waals surface area contributed by atoms with E-state index in [1.165, 1.54) is 6.20 Å². The molecule has 3 heterocycles. The molecule has 0 aromatic carbocycles. The highest BCUT2D eigenvalue weighted by Gasteiger charge is 2.30. The van der Waals surface area contributed by atoms with Crippen LogP contribution in [0, 0.1) is 13.8 Å². The Bertz CT molecular complexity index is 945. The third-order valence-electron chi connectivity index (χ3n) is 4.32. The summed E-state index contributed by atoms with van der Waals surface area (Å²) in [5.74, 6) is 1.44. The van der Waals surface area contributed by atoms with Gasteiger partial charge in [-0.1, -0.05) is 11.6 Å². The fraction of sp³-hybridized carbons (Fsp3) is 0.294. The lowest BCUT2D eigenvalue weighted by molar-refractivity contribution is 0.252. The molecule has 142 valence electrons. The fourth-order valence-corrected chi connectivity index (χ4v) is 3.41. The summed E-state index contributed by atoms with van der Waals surface area (Å²) in [6, 6.07) is -0.671. The third-order valence-corrected chi connectivity index (χ3v) is 4.60. The molecule has 27 heavy (non-hydrogen) atoms. The maximum atomic E-state index is 11.1. The number of pyridine rings is 1. The molecule has 0 radical (unpaired) electrons. The van der Waals surface area contributed by atoms with Crippen LogP contribution in [-0.4, -0.2) is 34.6 Å². The minimum atomic E-state index is -0.671. The number of halogens is 1. The number of nitrogens with one attached hydrogen (secondary N) is 1. The molecule has 0 spiro atoms. The number of fused-ring (bicyclic) bond motifs is 1. The zero-order valence-electron chi connectivity index (χ0n) is 15.2. The Kier molecular flexibility index (Phi) is 5.04. The molecule has 9 nitrogen and oxygen atoms in total. The molecule has 0 saturated carbocycles. The number of ether oxygens (including phenoxy) is 1. The number of aromatic nitrogens is 3. The van der Waals surface area contributed by atoms with E-state index in [4.69, 9.17) is 27.8 Å². The molecule has 0 unspecified atom stereocenters. The number of hydrogen-bond acceptors (Lipinski definition) is 7. The van der Waals surface area contributed by atoms with Gasteiger partial charge in [0.1, 0.15) is 16.7 Å². The van der Waals surface area contributed by atoms with Crippen molar-refractivity contribution in [2.45, 2.75) is 20.4 Å². The lowest BCUT2D eigenvalue weighted by Gasteiger charge is -2.20. The summed E-state index contributed by atoms with van der Waals surface area (Å²) in [6.45, 7) is 4.79. The van der Waals surface area contributed by atoms with E-state index in [2.05, 4.69) is 20.3 Å². The Hall–Kier alpha value is -3.07. The summed E-state index contributed by atoms with van der Waals surface area (Å²) in [6.07, 6.45) is 3.27. The lowest BCUT2D eigenvalue weighted by Crippen LogP contribution is -2.25. The maximum absolute atomic E-state index is 11.1. The van der Waals surface area contributed by atoms with Crippen molar-refractivity contribution < 1.29 is 9.53 Å². The molecule has 10 heteroatoms. The van der Waals surface area contributed by atoms with E-state index >= 15 is 0 Å². The monoisotopic (exact) mass is 389 g/mol. The topological polar surface area (TPSA) is 132 Å². The van der Waals surface area contributed by atoms with Crippen molar-refractivity contribution in [3.8, 4) is 5.75 Å². The van der Waals surface area contributed by atoms with Crippen LogP contribution < -0.4 is 26.4 Å². The van der Waals surface area contributed by atoms with Gasteiger partial charge in [0.25, 0.3) is 0 Å². The molecular weight excluding hydrogens is 370 g/mol. The lowest BCUT2D eigenvalue weighted by atomic mass is 10.1. The number of aryl methyl sites for hydroxylation is 1. The van der Waals surface area contributed by atoms with Gasteiger partial charge in [-0.25, -0.2) is 9.78 Å². The van der Waals surface area contributed by atoms with E-state index in [1.54, 1.807) is 13.3 Å². The number of urea groups is 1. The van der Waals surface area contributed by atoms with E-state index in [9.17, 15) is 4.79 Å². The van der Waals surface area contributed by atoms with E-state index in [1.807, 2.05) is 18.7 Å². The first-order valence-corrected chi connectivity index (χ1v) is 8.52. The van der Waals surface area contributed by atoms with Crippen LogP contribution in [-0.2, 0) is 6.54 Å². The number of carbonyl (C=O) groups is 1. The molecule has 2 aromatic heterocycles. The summed E-state index contributed by atoms with van der Waals surface area (Å²) < 4.78 is 5.48. The number of nitrogens with two attached hydrogens (primary N) is 2. The standard InChI is InChI=1S/C17H20ClN7O2/c1-8-4-21-11(9(2)13(8)27-3)7-25-6-10(5-22-17(20)26)12-14(18)23-16(19)24-15(12)25/h4-5H,6-7H2,1-3H3,(H2,19,23,24)(H3,20,22,26). The van der Waals surface area contributed by atoms with Crippen molar-refractivity contribution in [2.24, 2.45) is 5.73 Å². The zero-order chi connectivity index (χ0) is 19.7. The van der Waals surface area contributed by atoms with E-state index in [-0.39, 0.29) is 11.1 Å². The minimum absolute atomic E-state index is 0.0685. The highest BCUT2D eigenvalue weighted by molar-refractivity contribution is 6.32. The van der Waals surface area contributed by atoms with Gasteiger partial charge in [-0.2, -0.15) is 4.98 Å². The molecule has 0 fully saturated rings. The second kappa shape index (κ2) is 7.28. The van der Waals surface area contributed by atoms with Crippen LogP contribution in [0.1, 0.15) is 22.4 Å². The van der Waals surface area contributed by atoms with Gasteiger partial charge in [0.15, 0.2) is 0 Å². The van der Waals surface area contributed by atoms with E-state index < -0.39 is 6.03 Å². The maximum Gasteiger partial charge on any atom is 0.316 e. The first-order valence-electron chi connectivity index (χ1n) is 8.14. The van der Waals surface area contributed by atoms with Gasteiger partial charge < -0.3 is 26.4 Å². The van der Waals surface area contributed by atoms with Crippen molar-refractivity contribution >= 4 is 35.0 Å². The van der Waals surface area contributed by atoms with Crippen molar-refractivity contribution in [2.75, 3.05) is 24.3 Å². The summed E-state index contributed by atoms with van der Waals surface area (Å²) in [4.78, 5) is 25.9. The molecular formula is C17H20ClN7O2. The van der Waals surface area contributed by atoms with E-state index in [0.29, 0.717) is 24.5 Å². The number of hydrogen-bond donors (Lipinski definition) is 3. The van der Waals surface area contributed by atoms with Gasteiger partial charge >= 0.3 is 6.03 Å². The van der Waals surface area contributed by atoms with Crippen LogP contribution in [0.2, 0.25) is 5.15 Å². The Labute approximate surface area is 161 Å². The summed E-state index contributed by atoms with van der Waals surface area (Å²) in [7, 11) is 1.63. The molecule has 3 rings (SSSR count). The molecule has 0 bridgehead atoms. The molecule has 0 atom stereocenters. The van der Waals surface area contributed by atoms with Gasteiger partial charge in [0, 0.05) is 35.6 Å². The number of nitrogens with zero attached hydrogens (tertiary/aromatic N) is 4. The van der Waals surface area contributed by atoms with Gasteiger partial charge in [0.2, 0.25) is 5.95 Å². The molecule has 1 aliphatic rings. The average Bonchev–Trinajstić information content (AvgIpc) is 2.94. The fourth-order valence-electron chi connectivity index (χ4n) is 3.12. The third kappa shape index (κ3) is 3.59. The van der Waals surface area contributed by atoms with Crippen molar-refractivity contribution in [1.29, 1.82) is 0 Å². The van der Waals surface area contributed by atoms with Gasteiger partial charge in [-0.15, -0.1) is 0 Å². The number of nitrogen functional groups attached to an aromatic ring is 1. The van der Waals surface area contributed by atoms with Crippen LogP contribution in [0.4, 0.5) is 16.6 Å². The number of amides is 2. The largest absolute Gasteiger partial charge is 0.496 e. The minimum Gasteiger partial charge on any atom is -0.496 e. The van der Waals surface area contributed by atoms with Crippen molar-refractivity contribution in [3.63, 3.8) is 0 Å². The van der Waals surface area contributed by atoms with Crippen molar-refractivity contribution in [1.82, 2.24) is 20.3 Å². The zero-order valence-corrected chi connectivity index (χ0v) is 16.0.